The van der Waals surface area contributed by atoms with Crippen LogP contribution in [0.3, 0.4) is 0 Å². The minimum absolute atomic E-state index is 0.0888. The molecule has 1 aliphatic carbocycles. The number of hydrogen-bond acceptors (Lipinski definition) is 3. The van der Waals surface area contributed by atoms with E-state index < -0.39 is 0 Å². The molecule has 0 heterocycles. The summed E-state index contributed by atoms with van der Waals surface area (Å²) in [5, 5.41) is 3.03. The van der Waals surface area contributed by atoms with Crippen LogP contribution in [-0.4, -0.2) is 32.3 Å². The minimum Gasteiger partial charge on any atom is -0.496 e. The number of amides is 1. The predicted octanol–water partition coefficient (Wildman–Crippen LogP) is 2.76. The summed E-state index contributed by atoms with van der Waals surface area (Å²) in [6, 6.07) is 5.47. The van der Waals surface area contributed by atoms with Gasteiger partial charge in [-0.2, -0.15) is 0 Å². The fourth-order valence-electron chi connectivity index (χ4n) is 2.47. The zero-order valence-corrected chi connectivity index (χ0v) is 12.7. The van der Waals surface area contributed by atoms with Crippen molar-refractivity contribution in [3.63, 3.8) is 0 Å². The zero-order valence-electron chi connectivity index (χ0n) is 11.1. The van der Waals surface area contributed by atoms with Crippen molar-refractivity contribution in [3.8, 4) is 5.75 Å². The van der Waals surface area contributed by atoms with Crippen LogP contribution in [0.5, 0.6) is 5.75 Å². The molecule has 0 aromatic heterocycles. The van der Waals surface area contributed by atoms with Gasteiger partial charge >= 0.3 is 0 Å². The fraction of sp³-hybridized carbons (Fsp3) is 0.500. The topological polar surface area (TPSA) is 47.6 Å². The van der Waals surface area contributed by atoms with Crippen LogP contribution in [-0.2, 0) is 4.74 Å². The van der Waals surface area contributed by atoms with Crippen LogP contribution < -0.4 is 10.1 Å². The van der Waals surface area contributed by atoms with Crippen LogP contribution >= 0.6 is 15.9 Å². The van der Waals surface area contributed by atoms with Gasteiger partial charge in [-0.25, -0.2) is 0 Å². The standard InChI is InChI=1S/C14H18BrNO3/c1-18-12-5-3-4-11(12)16-14(17)10-7-6-9(15)8-13(10)19-2/h6-8,11-12H,3-5H2,1-2H3,(H,16,17). The average Bonchev–Trinajstić information content (AvgIpc) is 2.85. The summed E-state index contributed by atoms with van der Waals surface area (Å²) in [4.78, 5) is 12.3. The summed E-state index contributed by atoms with van der Waals surface area (Å²) < 4.78 is 11.5. The van der Waals surface area contributed by atoms with Gasteiger partial charge in [0.1, 0.15) is 5.75 Å². The van der Waals surface area contributed by atoms with Crippen molar-refractivity contribution in [3.05, 3.63) is 28.2 Å². The first-order valence-corrected chi connectivity index (χ1v) is 7.12. The lowest BCUT2D eigenvalue weighted by molar-refractivity contribution is 0.0720. The Morgan fingerprint density at radius 1 is 1.37 bits per heavy atom. The summed E-state index contributed by atoms with van der Waals surface area (Å²) in [5.74, 6) is 0.456. The Hall–Kier alpha value is -1.07. The van der Waals surface area contributed by atoms with Crippen molar-refractivity contribution < 1.29 is 14.3 Å². The summed E-state index contributed by atoms with van der Waals surface area (Å²) in [7, 11) is 3.25. The second kappa shape index (κ2) is 6.39. The summed E-state index contributed by atoms with van der Waals surface area (Å²) in [5.41, 5.74) is 0.549. The molecule has 1 N–H and O–H groups in total. The SMILES string of the molecule is COc1cc(Br)ccc1C(=O)NC1CCCC1OC. The summed E-state index contributed by atoms with van der Waals surface area (Å²) in [6.45, 7) is 0. The fourth-order valence-corrected chi connectivity index (χ4v) is 2.81. The molecule has 0 saturated heterocycles. The number of benzene rings is 1. The molecule has 5 heteroatoms. The highest BCUT2D eigenvalue weighted by Gasteiger charge is 2.29. The maximum Gasteiger partial charge on any atom is 0.255 e. The molecule has 2 atom stereocenters. The van der Waals surface area contributed by atoms with Crippen LogP contribution in [0.2, 0.25) is 0 Å². The first-order chi connectivity index (χ1) is 9.15. The highest BCUT2D eigenvalue weighted by Crippen LogP contribution is 2.25. The van der Waals surface area contributed by atoms with Gasteiger partial charge in [0.25, 0.3) is 5.91 Å². The van der Waals surface area contributed by atoms with Crippen molar-refractivity contribution in [2.45, 2.75) is 31.4 Å². The molecule has 2 rings (SSSR count). The first-order valence-electron chi connectivity index (χ1n) is 6.33. The van der Waals surface area contributed by atoms with E-state index >= 15 is 0 Å². The van der Waals surface area contributed by atoms with E-state index in [0.29, 0.717) is 11.3 Å². The van der Waals surface area contributed by atoms with Gasteiger partial charge in [0, 0.05) is 11.6 Å². The Morgan fingerprint density at radius 2 is 2.16 bits per heavy atom. The van der Waals surface area contributed by atoms with Crippen molar-refractivity contribution in [1.82, 2.24) is 5.32 Å². The predicted molar refractivity (Wildman–Crippen MR) is 76.6 cm³/mol. The van der Waals surface area contributed by atoms with Gasteiger partial charge in [-0.3, -0.25) is 4.79 Å². The zero-order chi connectivity index (χ0) is 13.8. The van der Waals surface area contributed by atoms with Gasteiger partial charge in [0.05, 0.1) is 24.8 Å². The number of rotatable bonds is 4. The number of ether oxygens (including phenoxy) is 2. The van der Waals surface area contributed by atoms with Gasteiger partial charge in [0.15, 0.2) is 0 Å². The first kappa shape index (κ1) is 14.3. The third-order valence-corrected chi connectivity index (χ3v) is 3.97. The molecule has 1 saturated carbocycles. The molecule has 1 aromatic rings. The number of nitrogens with one attached hydrogen (secondary N) is 1. The normalized spacial score (nSPS) is 22.3. The Labute approximate surface area is 121 Å². The number of hydrogen-bond donors (Lipinski definition) is 1. The van der Waals surface area contributed by atoms with Crippen LogP contribution in [0.25, 0.3) is 0 Å². The maximum atomic E-state index is 12.3. The molecule has 0 spiro atoms. The smallest absolute Gasteiger partial charge is 0.255 e. The Balaban J connectivity index is 2.11. The molecule has 1 aliphatic rings. The lowest BCUT2D eigenvalue weighted by Gasteiger charge is -2.20. The molecule has 0 aliphatic heterocycles. The lowest BCUT2D eigenvalue weighted by atomic mass is 10.1. The van der Waals surface area contributed by atoms with Gasteiger partial charge in [-0.15, -0.1) is 0 Å². The monoisotopic (exact) mass is 327 g/mol. The second-order valence-electron chi connectivity index (χ2n) is 4.63. The van der Waals surface area contributed by atoms with E-state index in [-0.39, 0.29) is 18.1 Å². The number of carbonyl (C=O) groups excluding carboxylic acids is 1. The van der Waals surface area contributed by atoms with Gasteiger partial charge in [0.2, 0.25) is 0 Å². The molecule has 2 unspecified atom stereocenters. The van der Waals surface area contributed by atoms with E-state index in [1.807, 2.05) is 6.07 Å². The second-order valence-corrected chi connectivity index (χ2v) is 5.55. The number of halogens is 1. The third kappa shape index (κ3) is 3.28. The molecule has 104 valence electrons. The Kier molecular flexibility index (Phi) is 4.82. The largest absolute Gasteiger partial charge is 0.496 e. The molecule has 4 nitrogen and oxygen atoms in total. The van der Waals surface area contributed by atoms with Gasteiger partial charge in [-0.05, 0) is 37.5 Å². The molecule has 0 radical (unpaired) electrons. The Bertz CT molecular complexity index is 464. The van der Waals surface area contributed by atoms with Crippen molar-refractivity contribution >= 4 is 21.8 Å². The average molecular weight is 328 g/mol. The summed E-state index contributed by atoms with van der Waals surface area (Å²) in [6.07, 6.45) is 3.16. The quantitative estimate of drug-likeness (QED) is 0.925. The van der Waals surface area contributed by atoms with E-state index in [2.05, 4.69) is 21.2 Å². The highest BCUT2D eigenvalue weighted by atomic mass is 79.9. The molecular weight excluding hydrogens is 310 g/mol. The van der Waals surface area contributed by atoms with Crippen LogP contribution in [0, 0.1) is 0 Å². The maximum absolute atomic E-state index is 12.3. The molecule has 0 bridgehead atoms. The highest BCUT2D eigenvalue weighted by molar-refractivity contribution is 9.10. The molecule has 1 fully saturated rings. The van der Waals surface area contributed by atoms with E-state index in [9.17, 15) is 4.79 Å². The molecule has 1 amide bonds. The summed E-state index contributed by atoms with van der Waals surface area (Å²) >= 11 is 3.36. The number of methoxy groups -OCH3 is 2. The number of carbonyl (C=O) groups is 1. The van der Waals surface area contributed by atoms with Gasteiger partial charge in [-0.1, -0.05) is 15.9 Å². The van der Waals surface area contributed by atoms with E-state index in [1.54, 1.807) is 26.4 Å². The van der Waals surface area contributed by atoms with Crippen LogP contribution in [0.1, 0.15) is 29.6 Å². The van der Waals surface area contributed by atoms with E-state index in [4.69, 9.17) is 9.47 Å². The van der Waals surface area contributed by atoms with E-state index in [1.165, 1.54) is 0 Å². The van der Waals surface area contributed by atoms with Crippen molar-refractivity contribution in [2.24, 2.45) is 0 Å². The molecule has 19 heavy (non-hydrogen) atoms. The third-order valence-electron chi connectivity index (χ3n) is 3.48. The van der Waals surface area contributed by atoms with Crippen molar-refractivity contribution in [2.75, 3.05) is 14.2 Å². The lowest BCUT2D eigenvalue weighted by Crippen LogP contribution is -2.40. The minimum atomic E-state index is -0.113. The van der Waals surface area contributed by atoms with E-state index in [0.717, 1.165) is 23.7 Å². The Morgan fingerprint density at radius 3 is 2.84 bits per heavy atom. The van der Waals surface area contributed by atoms with Crippen LogP contribution in [0.15, 0.2) is 22.7 Å². The van der Waals surface area contributed by atoms with Crippen molar-refractivity contribution in [1.29, 1.82) is 0 Å². The molecule has 1 aromatic carbocycles. The molecular formula is C14H18BrNO3. The van der Waals surface area contributed by atoms with Gasteiger partial charge < -0.3 is 14.8 Å². The van der Waals surface area contributed by atoms with Crippen LogP contribution in [0.4, 0.5) is 0 Å².